The van der Waals surface area contributed by atoms with Crippen molar-refractivity contribution in [2.45, 2.75) is 31.8 Å². The normalized spacial score (nSPS) is 21.5. The van der Waals surface area contributed by atoms with E-state index in [0.29, 0.717) is 6.04 Å². The molecule has 0 bridgehead atoms. The number of benzene rings is 1. The Kier molecular flexibility index (Phi) is 3.19. The lowest BCUT2D eigenvalue weighted by Crippen LogP contribution is -2.29. The summed E-state index contributed by atoms with van der Waals surface area (Å²) in [7, 11) is 2.23. The summed E-state index contributed by atoms with van der Waals surface area (Å²) < 4.78 is 2.32. The molecule has 0 spiro atoms. The van der Waals surface area contributed by atoms with E-state index < -0.39 is 0 Å². The van der Waals surface area contributed by atoms with Gasteiger partial charge in [0.15, 0.2) is 0 Å². The maximum atomic E-state index is 4.41. The zero-order valence-corrected chi connectivity index (χ0v) is 12.5. The van der Waals surface area contributed by atoms with Crippen molar-refractivity contribution in [3.05, 3.63) is 36.3 Å². The van der Waals surface area contributed by atoms with Crippen LogP contribution in [0, 0.1) is 0 Å². The molecular formula is C17H22N4. The van der Waals surface area contributed by atoms with Crippen molar-refractivity contribution in [1.29, 1.82) is 0 Å². The molecule has 0 radical (unpaired) electrons. The van der Waals surface area contributed by atoms with Crippen LogP contribution in [-0.2, 0) is 13.0 Å². The first-order valence-corrected chi connectivity index (χ1v) is 7.89. The van der Waals surface area contributed by atoms with Crippen molar-refractivity contribution in [2.75, 3.05) is 25.5 Å². The average Bonchev–Trinajstić information content (AvgIpc) is 3.21. The Morgan fingerprint density at radius 1 is 1.38 bits per heavy atom. The van der Waals surface area contributed by atoms with Crippen molar-refractivity contribution < 1.29 is 0 Å². The molecule has 1 saturated heterocycles. The number of nitrogens with zero attached hydrogens (tertiary/aromatic N) is 3. The van der Waals surface area contributed by atoms with Crippen molar-refractivity contribution >= 4 is 5.69 Å². The van der Waals surface area contributed by atoms with Gasteiger partial charge in [-0.05, 0) is 38.4 Å². The fraction of sp³-hybridized carbons (Fsp3) is 0.471. The lowest BCUT2D eigenvalue weighted by Gasteiger charge is -2.21. The number of fused-ring (bicyclic) bond motifs is 1. The molecule has 4 rings (SSSR count). The van der Waals surface area contributed by atoms with Gasteiger partial charge in [0.25, 0.3) is 0 Å². The molecule has 1 N–H and O–H groups in total. The van der Waals surface area contributed by atoms with Crippen LogP contribution in [0.4, 0.5) is 5.69 Å². The minimum Gasteiger partial charge on any atom is -0.384 e. The molecule has 21 heavy (non-hydrogen) atoms. The SMILES string of the molecule is CN1CCCC1Cn1cncc1-c1cccc2c1NCC2. The Bertz CT molecular complexity index is 646. The lowest BCUT2D eigenvalue weighted by molar-refractivity contribution is 0.283. The van der Waals surface area contributed by atoms with E-state index in [1.54, 1.807) is 0 Å². The third-order valence-corrected chi connectivity index (χ3v) is 4.91. The first-order valence-electron chi connectivity index (χ1n) is 7.89. The predicted molar refractivity (Wildman–Crippen MR) is 85.5 cm³/mol. The third-order valence-electron chi connectivity index (χ3n) is 4.91. The molecule has 0 saturated carbocycles. The predicted octanol–water partition coefficient (Wildman–Crippen LogP) is 2.61. The fourth-order valence-electron chi connectivity index (χ4n) is 3.68. The summed E-state index contributed by atoms with van der Waals surface area (Å²) in [5.41, 5.74) is 5.27. The smallest absolute Gasteiger partial charge is 0.0951 e. The molecule has 4 nitrogen and oxygen atoms in total. The second kappa shape index (κ2) is 5.19. The van der Waals surface area contributed by atoms with Gasteiger partial charge in [0.1, 0.15) is 0 Å². The molecule has 1 atom stereocenters. The molecule has 0 amide bonds. The molecule has 1 fully saturated rings. The molecule has 1 aromatic heterocycles. The van der Waals surface area contributed by atoms with Gasteiger partial charge in [0.05, 0.1) is 18.2 Å². The molecule has 2 aliphatic rings. The van der Waals surface area contributed by atoms with Crippen LogP contribution >= 0.6 is 0 Å². The number of para-hydroxylation sites is 1. The van der Waals surface area contributed by atoms with Gasteiger partial charge in [-0.1, -0.05) is 18.2 Å². The summed E-state index contributed by atoms with van der Waals surface area (Å²) in [6.07, 6.45) is 7.72. The minimum atomic E-state index is 0.641. The summed E-state index contributed by atoms with van der Waals surface area (Å²) >= 11 is 0. The second-order valence-electron chi connectivity index (χ2n) is 6.22. The molecule has 3 heterocycles. The number of nitrogens with one attached hydrogen (secondary N) is 1. The first-order chi connectivity index (χ1) is 10.3. The van der Waals surface area contributed by atoms with Gasteiger partial charge < -0.3 is 14.8 Å². The summed E-state index contributed by atoms with van der Waals surface area (Å²) in [6, 6.07) is 7.25. The minimum absolute atomic E-state index is 0.641. The molecule has 2 aliphatic heterocycles. The van der Waals surface area contributed by atoms with Gasteiger partial charge >= 0.3 is 0 Å². The van der Waals surface area contributed by atoms with E-state index in [4.69, 9.17) is 0 Å². The number of aromatic nitrogens is 2. The van der Waals surface area contributed by atoms with E-state index in [-0.39, 0.29) is 0 Å². The van der Waals surface area contributed by atoms with Crippen LogP contribution in [0.5, 0.6) is 0 Å². The van der Waals surface area contributed by atoms with E-state index in [0.717, 1.165) is 19.5 Å². The zero-order valence-electron chi connectivity index (χ0n) is 12.5. The highest BCUT2D eigenvalue weighted by Gasteiger charge is 2.23. The second-order valence-corrected chi connectivity index (χ2v) is 6.22. The van der Waals surface area contributed by atoms with E-state index in [1.165, 1.54) is 41.9 Å². The summed E-state index contributed by atoms with van der Waals surface area (Å²) in [6.45, 7) is 3.30. The summed E-state index contributed by atoms with van der Waals surface area (Å²) in [5, 5.41) is 3.54. The number of rotatable bonds is 3. The van der Waals surface area contributed by atoms with E-state index in [9.17, 15) is 0 Å². The number of imidazole rings is 1. The van der Waals surface area contributed by atoms with Gasteiger partial charge in [-0.2, -0.15) is 0 Å². The Labute approximate surface area is 125 Å². The molecule has 4 heteroatoms. The topological polar surface area (TPSA) is 33.1 Å². The Morgan fingerprint density at radius 3 is 3.19 bits per heavy atom. The lowest BCUT2D eigenvalue weighted by atomic mass is 10.1. The number of likely N-dealkylation sites (N-methyl/N-ethyl adjacent to an activating group) is 1. The highest BCUT2D eigenvalue weighted by atomic mass is 15.2. The Morgan fingerprint density at radius 2 is 2.33 bits per heavy atom. The largest absolute Gasteiger partial charge is 0.384 e. The summed E-state index contributed by atoms with van der Waals surface area (Å²) in [4.78, 5) is 6.88. The molecule has 1 unspecified atom stereocenters. The van der Waals surface area contributed by atoms with E-state index in [2.05, 4.69) is 45.0 Å². The highest BCUT2D eigenvalue weighted by Crippen LogP contribution is 2.34. The van der Waals surface area contributed by atoms with Crippen LogP contribution in [0.15, 0.2) is 30.7 Å². The van der Waals surface area contributed by atoms with Crippen LogP contribution < -0.4 is 5.32 Å². The average molecular weight is 282 g/mol. The maximum absolute atomic E-state index is 4.41. The molecule has 110 valence electrons. The fourth-order valence-corrected chi connectivity index (χ4v) is 3.68. The van der Waals surface area contributed by atoms with Crippen LogP contribution in [0.2, 0.25) is 0 Å². The van der Waals surface area contributed by atoms with Crippen LogP contribution in [0.25, 0.3) is 11.3 Å². The van der Waals surface area contributed by atoms with E-state index in [1.807, 2.05) is 12.5 Å². The number of hydrogen-bond donors (Lipinski definition) is 1. The Hall–Kier alpha value is -1.81. The number of hydrogen-bond acceptors (Lipinski definition) is 3. The standard InChI is InChI=1S/C17H22N4/c1-20-9-3-5-14(20)11-21-12-18-10-16(21)15-6-2-4-13-7-8-19-17(13)15/h2,4,6,10,12,14,19H,3,5,7-9,11H2,1H3. The molecule has 2 aromatic rings. The van der Waals surface area contributed by atoms with Gasteiger partial charge in [0.2, 0.25) is 0 Å². The molecular weight excluding hydrogens is 260 g/mol. The zero-order chi connectivity index (χ0) is 14.2. The molecule has 0 aliphatic carbocycles. The van der Waals surface area contributed by atoms with Gasteiger partial charge in [0, 0.05) is 30.4 Å². The van der Waals surface area contributed by atoms with Gasteiger partial charge in [-0.25, -0.2) is 4.98 Å². The Balaban J connectivity index is 1.68. The van der Waals surface area contributed by atoms with Crippen molar-refractivity contribution in [3.63, 3.8) is 0 Å². The van der Waals surface area contributed by atoms with Crippen LogP contribution in [0.3, 0.4) is 0 Å². The quantitative estimate of drug-likeness (QED) is 0.939. The van der Waals surface area contributed by atoms with Gasteiger partial charge in [-0.15, -0.1) is 0 Å². The number of anilines is 1. The highest BCUT2D eigenvalue weighted by molar-refractivity contribution is 5.79. The van der Waals surface area contributed by atoms with Gasteiger partial charge in [-0.3, -0.25) is 0 Å². The van der Waals surface area contributed by atoms with Crippen molar-refractivity contribution in [2.24, 2.45) is 0 Å². The van der Waals surface area contributed by atoms with Crippen molar-refractivity contribution in [3.8, 4) is 11.3 Å². The monoisotopic (exact) mass is 282 g/mol. The maximum Gasteiger partial charge on any atom is 0.0951 e. The molecule has 1 aromatic carbocycles. The summed E-state index contributed by atoms with van der Waals surface area (Å²) in [5.74, 6) is 0. The number of likely N-dealkylation sites (tertiary alicyclic amines) is 1. The van der Waals surface area contributed by atoms with Crippen LogP contribution in [-0.4, -0.2) is 40.6 Å². The third kappa shape index (κ3) is 2.23. The van der Waals surface area contributed by atoms with Crippen LogP contribution in [0.1, 0.15) is 18.4 Å². The van der Waals surface area contributed by atoms with Crippen molar-refractivity contribution in [1.82, 2.24) is 14.5 Å². The van der Waals surface area contributed by atoms with E-state index >= 15 is 0 Å². The first kappa shape index (κ1) is 12.9.